The molecule has 0 saturated carbocycles. The highest BCUT2D eigenvalue weighted by atomic mass is 35.5. The molecule has 3 aromatic carbocycles. The Morgan fingerprint density at radius 1 is 0.923 bits per heavy atom. The van der Waals surface area contributed by atoms with E-state index in [0.29, 0.717) is 44.0 Å². The molecule has 0 fully saturated rings. The van der Waals surface area contributed by atoms with Crippen molar-refractivity contribution in [2.45, 2.75) is 96.3 Å². The van der Waals surface area contributed by atoms with Gasteiger partial charge in [0.1, 0.15) is 0 Å². The number of unbranched alkanes of at least 4 members (excludes halogenated alkanes) is 9. The predicted molar refractivity (Wildman–Crippen MR) is 213 cm³/mol. The van der Waals surface area contributed by atoms with E-state index in [9.17, 15) is 23.1 Å². The van der Waals surface area contributed by atoms with Gasteiger partial charge >= 0.3 is 0 Å². The highest BCUT2D eigenvalue weighted by Gasteiger charge is 2.32. The molecule has 3 aromatic rings. The zero-order chi connectivity index (χ0) is 37.5. The van der Waals surface area contributed by atoms with Crippen LogP contribution in [-0.2, 0) is 26.0 Å². The van der Waals surface area contributed by atoms with Crippen LogP contribution < -0.4 is 19.8 Å². The molecule has 0 radical (unpaired) electrons. The number of aryl methyl sites for hydroxylation is 1. The molecule has 12 heteroatoms. The average molecular weight is 752 g/mol. The minimum atomic E-state index is -3.89. The van der Waals surface area contributed by atoms with Crippen molar-refractivity contribution in [1.29, 1.82) is 0 Å². The summed E-state index contributed by atoms with van der Waals surface area (Å²) in [7, 11) is -3.89. The number of amides is 2. The number of nitrogens with one attached hydrogen (secondary N) is 2. The maximum Gasteiger partial charge on any atom is 0.282 e. The molecule has 4 rings (SSSR count). The lowest BCUT2D eigenvalue weighted by molar-refractivity contribution is -0.115. The van der Waals surface area contributed by atoms with Crippen molar-refractivity contribution in [3.63, 3.8) is 0 Å². The van der Waals surface area contributed by atoms with Gasteiger partial charge in [0.25, 0.3) is 11.8 Å². The third kappa shape index (κ3) is 11.4. The number of anilines is 3. The Morgan fingerprint density at radius 2 is 1.62 bits per heavy atom. The average Bonchev–Trinajstić information content (AvgIpc) is 3.57. The number of benzene rings is 3. The van der Waals surface area contributed by atoms with Gasteiger partial charge in [-0.2, -0.15) is 0 Å². The van der Waals surface area contributed by atoms with Crippen molar-refractivity contribution in [2.75, 3.05) is 47.9 Å². The Balaban J connectivity index is 1.50. The van der Waals surface area contributed by atoms with Crippen molar-refractivity contribution in [1.82, 2.24) is 4.72 Å². The summed E-state index contributed by atoms with van der Waals surface area (Å²) in [6.45, 7) is 7.89. The monoisotopic (exact) mass is 751 g/mol. The largest absolute Gasteiger partial charge is 0.395 e. The van der Waals surface area contributed by atoms with E-state index in [1.807, 2.05) is 55.1 Å². The minimum absolute atomic E-state index is 0.00338. The number of likely N-dealkylation sites (N-methyl/N-ethyl adjacent to an activating group) is 1. The number of carbonyl (C=O) groups excluding carboxylic acids is 2. The van der Waals surface area contributed by atoms with Crippen LogP contribution >= 0.6 is 11.6 Å². The number of sulfonamides is 1. The summed E-state index contributed by atoms with van der Waals surface area (Å²) >= 11 is 6.48. The highest BCUT2D eigenvalue weighted by Crippen LogP contribution is 2.31. The molecule has 0 unspecified atom stereocenters. The third-order valence-electron chi connectivity index (χ3n) is 9.40. The fourth-order valence-electron chi connectivity index (χ4n) is 6.40. The Kier molecular flexibility index (Phi) is 16.1. The zero-order valence-corrected chi connectivity index (χ0v) is 32.4. The lowest BCUT2D eigenvalue weighted by Gasteiger charge is -2.23. The van der Waals surface area contributed by atoms with Crippen LogP contribution in [-0.4, -0.2) is 63.8 Å². The summed E-state index contributed by atoms with van der Waals surface area (Å²) in [5, 5.41) is 12.3. The Labute approximate surface area is 314 Å². The Morgan fingerprint density at radius 3 is 2.29 bits per heavy atom. The second-order valence-electron chi connectivity index (χ2n) is 13.2. The number of rotatable bonds is 21. The minimum Gasteiger partial charge on any atom is -0.395 e. The van der Waals surface area contributed by atoms with E-state index in [1.54, 1.807) is 6.07 Å². The van der Waals surface area contributed by atoms with E-state index in [4.69, 9.17) is 11.6 Å². The number of para-hydroxylation sites is 1. The van der Waals surface area contributed by atoms with Crippen molar-refractivity contribution in [2.24, 2.45) is 4.99 Å². The lowest BCUT2D eigenvalue weighted by atomic mass is 10.1. The number of aliphatic imine (C=N–C) groups is 1. The van der Waals surface area contributed by atoms with E-state index in [1.165, 1.54) is 61.6 Å². The standard InChI is InChI=1S/C40H54ClN5O5S/c1-4-6-7-8-9-10-11-12-13-16-24-42-52(50,51)33-20-21-34(41)36(29-33)44-39(48)38(40(49)46-25-23-31-17-14-15-18-37(31)46)43-35-22-19-32(28-30(35)3)45(5-2)26-27-47/h14-15,17-22,28-29,42,47H,4-13,16,23-27H2,1-3H3,(H,44,48). The zero-order valence-electron chi connectivity index (χ0n) is 30.8. The number of fused-ring (bicyclic) bond motifs is 1. The number of aliphatic hydroxyl groups is 1. The third-order valence-corrected chi connectivity index (χ3v) is 11.2. The normalized spacial score (nSPS) is 12.9. The maximum absolute atomic E-state index is 14.1. The second kappa shape index (κ2) is 20.5. The number of halogens is 1. The van der Waals surface area contributed by atoms with Crippen LogP contribution in [0.3, 0.4) is 0 Å². The fraction of sp³-hybridized carbons (Fsp3) is 0.475. The van der Waals surface area contributed by atoms with Crippen molar-refractivity contribution in [3.05, 3.63) is 76.8 Å². The molecule has 1 aliphatic heterocycles. The van der Waals surface area contributed by atoms with Crippen molar-refractivity contribution >= 4 is 61.9 Å². The van der Waals surface area contributed by atoms with Gasteiger partial charge in [-0.15, -0.1) is 0 Å². The molecule has 0 bridgehead atoms. The van der Waals surface area contributed by atoms with Gasteiger partial charge in [0, 0.05) is 37.6 Å². The lowest BCUT2D eigenvalue weighted by Crippen LogP contribution is -2.41. The molecule has 1 aliphatic rings. The molecule has 0 aromatic heterocycles. The first-order valence-corrected chi connectivity index (χ1v) is 20.5. The van der Waals surface area contributed by atoms with Crippen molar-refractivity contribution in [3.8, 4) is 0 Å². The number of carbonyl (C=O) groups is 2. The second-order valence-corrected chi connectivity index (χ2v) is 15.4. The van der Waals surface area contributed by atoms with Gasteiger partial charge in [-0.25, -0.2) is 18.1 Å². The molecule has 0 aliphatic carbocycles. The summed E-state index contributed by atoms with van der Waals surface area (Å²) in [6.07, 6.45) is 12.1. The van der Waals surface area contributed by atoms with Crippen LogP contribution in [0.15, 0.2) is 70.6 Å². The molecule has 2 amide bonds. The van der Waals surface area contributed by atoms with Gasteiger partial charge in [-0.3, -0.25) is 9.59 Å². The molecule has 0 atom stereocenters. The van der Waals surface area contributed by atoms with Crippen LogP contribution in [0.5, 0.6) is 0 Å². The number of hydrogen-bond acceptors (Lipinski definition) is 7. The van der Waals surface area contributed by atoms with E-state index in [0.717, 1.165) is 42.5 Å². The molecule has 10 nitrogen and oxygen atoms in total. The van der Waals surface area contributed by atoms with E-state index in [2.05, 4.69) is 22.0 Å². The Hall–Kier alpha value is -3.77. The number of hydrogen-bond donors (Lipinski definition) is 3. The Bertz CT molecular complexity index is 1800. The van der Waals surface area contributed by atoms with Gasteiger partial charge in [0.15, 0.2) is 5.71 Å². The molecule has 3 N–H and O–H groups in total. The van der Waals surface area contributed by atoms with Gasteiger partial charge < -0.3 is 20.2 Å². The summed E-state index contributed by atoms with van der Waals surface area (Å²) in [4.78, 5) is 36.2. The van der Waals surface area contributed by atoms with Gasteiger partial charge in [-0.1, -0.05) is 94.5 Å². The van der Waals surface area contributed by atoms with Gasteiger partial charge in [0.2, 0.25) is 10.0 Å². The molecule has 0 spiro atoms. The van der Waals surface area contributed by atoms with Crippen molar-refractivity contribution < 1.29 is 23.1 Å². The quantitative estimate of drug-likeness (QED) is 0.0575. The van der Waals surface area contributed by atoms with Gasteiger partial charge in [-0.05, 0) is 80.3 Å². The summed E-state index contributed by atoms with van der Waals surface area (Å²) in [5.74, 6) is -1.40. The molecular formula is C40H54ClN5O5S. The number of aliphatic hydroxyl groups excluding tert-OH is 1. The van der Waals surface area contributed by atoms with Crippen LogP contribution in [0.2, 0.25) is 5.02 Å². The summed E-state index contributed by atoms with van der Waals surface area (Å²) in [6, 6.07) is 17.1. The maximum atomic E-state index is 14.1. The van der Waals surface area contributed by atoms with E-state index in [-0.39, 0.29) is 27.9 Å². The molecular weight excluding hydrogens is 698 g/mol. The summed E-state index contributed by atoms with van der Waals surface area (Å²) < 4.78 is 29.1. The topological polar surface area (TPSA) is 131 Å². The summed E-state index contributed by atoms with van der Waals surface area (Å²) in [5.41, 5.74) is 3.42. The first-order valence-electron chi connectivity index (χ1n) is 18.6. The first kappa shape index (κ1) is 41.0. The van der Waals surface area contributed by atoms with Crippen LogP contribution in [0.25, 0.3) is 0 Å². The highest BCUT2D eigenvalue weighted by molar-refractivity contribution is 7.89. The van der Waals surface area contributed by atoms with E-state index >= 15 is 0 Å². The molecule has 0 saturated heterocycles. The molecule has 52 heavy (non-hydrogen) atoms. The first-order chi connectivity index (χ1) is 25.1. The van der Waals surface area contributed by atoms with Gasteiger partial charge in [0.05, 0.1) is 27.9 Å². The predicted octanol–water partition coefficient (Wildman–Crippen LogP) is 7.97. The van der Waals surface area contributed by atoms with Crippen LogP contribution in [0.4, 0.5) is 22.7 Å². The number of nitrogens with zero attached hydrogens (tertiary/aromatic N) is 3. The van der Waals surface area contributed by atoms with Crippen LogP contribution in [0, 0.1) is 6.92 Å². The molecule has 282 valence electrons. The fourth-order valence-corrected chi connectivity index (χ4v) is 7.66. The van der Waals surface area contributed by atoms with Crippen LogP contribution in [0.1, 0.15) is 89.2 Å². The SMILES string of the molecule is CCCCCCCCCCCCNS(=O)(=O)c1ccc(Cl)c(NC(=O)C(=Nc2ccc(N(CC)CCO)cc2C)C(=O)N2CCc3ccccc32)c1. The van der Waals surface area contributed by atoms with E-state index < -0.39 is 21.8 Å². The molecule has 1 heterocycles. The smallest absolute Gasteiger partial charge is 0.282 e.